The summed E-state index contributed by atoms with van der Waals surface area (Å²) in [5.41, 5.74) is 5.96. The monoisotopic (exact) mass is 223 g/mol. The van der Waals surface area contributed by atoms with E-state index in [0.29, 0.717) is 17.9 Å². The number of nitrogens with two attached hydrogens (primary N) is 1. The Morgan fingerprint density at radius 1 is 1.44 bits per heavy atom. The van der Waals surface area contributed by atoms with Crippen LogP contribution in [0, 0.1) is 5.92 Å². The normalized spacial score (nSPS) is 26.2. The first-order chi connectivity index (χ1) is 7.65. The van der Waals surface area contributed by atoms with Crippen LogP contribution < -0.4 is 5.73 Å². The third-order valence-electron chi connectivity index (χ3n) is 3.14. The molecule has 0 saturated heterocycles. The Morgan fingerprint density at radius 2 is 2.25 bits per heavy atom. The van der Waals surface area contributed by atoms with E-state index >= 15 is 0 Å². The molecule has 1 fully saturated rings. The lowest BCUT2D eigenvalue weighted by Crippen LogP contribution is -2.26. The molecule has 0 spiro atoms. The zero-order chi connectivity index (χ0) is 11.5. The molecule has 2 atom stereocenters. The fraction of sp³-hybridized carbons (Fsp3) is 0.833. The molecule has 4 heteroatoms. The Balaban J connectivity index is 2.00. The van der Waals surface area contributed by atoms with E-state index in [2.05, 4.69) is 24.0 Å². The SMILES string of the molecule is CC(C)Cc1noc(C2CCCC(N)C2)n1. The molecular weight excluding hydrogens is 202 g/mol. The van der Waals surface area contributed by atoms with Gasteiger partial charge in [-0.3, -0.25) is 0 Å². The summed E-state index contributed by atoms with van der Waals surface area (Å²) in [6.45, 7) is 4.32. The standard InChI is InChI=1S/C12H21N3O/c1-8(2)6-11-14-12(16-15-11)9-4-3-5-10(13)7-9/h8-10H,3-7,13H2,1-2H3. The van der Waals surface area contributed by atoms with Crippen molar-refractivity contribution >= 4 is 0 Å². The number of hydrogen-bond acceptors (Lipinski definition) is 4. The maximum atomic E-state index is 5.96. The van der Waals surface area contributed by atoms with E-state index in [-0.39, 0.29) is 0 Å². The van der Waals surface area contributed by atoms with Gasteiger partial charge in [0.2, 0.25) is 5.89 Å². The van der Waals surface area contributed by atoms with Gasteiger partial charge in [-0.05, 0) is 25.2 Å². The zero-order valence-corrected chi connectivity index (χ0v) is 10.1. The first kappa shape index (κ1) is 11.6. The molecular formula is C12H21N3O. The highest BCUT2D eigenvalue weighted by Gasteiger charge is 2.25. The quantitative estimate of drug-likeness (QED) is 0.853. The lowest BCUT2D eigenvalue weighted by atomic mass is 9.86. The molecule has 1 aromatic heterocycles. The highest BCUT2D eigenvalue weighted by Crippen LogP contribution is 2.31. The smallest absolute Gasteiger partial charge is 0.229 e. The van der Waals surface area contributed by atoms with Crippen LogP contribution in [0.5, 0.6) is 0 Å². The Morgan fingerprint density at radius 3 is 2.94 bits per heavy atom. The van der Waals surface area contributed by atoms with Crippen LogP contribution in [0.1, 0.15) is 57.2 Å². The molecule has 1 aliphatic rings. The van der Waals surface area contributed by atoms with Crippen molar-refractivity contribution in [3.8, 4) is 0 Å². The van der Waals surface area contributed by atoms with Crippen molar-refractivity contribution in [3.05, 3.63) is 11.7 Å². The van der Waals surface area contributed by atoms with Crippen molar-refractivity contribution in [1.82, 2.24) is 10.1 Å². The van der Waals surface area contributed by atoms with Crippen LogP contribution in [0.3, 0.4) is 0 Å². The highest BCUT2D eigenvalue weighted by atomic mass is 16.5. The van der Waals surface area contributed by atoms with Crippen molar-refractivity contribution in [2.45, 2.75) is 57.9 Å². The van der Waals surface area contributed by atoms with Crippen LogP contribution in [0.4, 0.5) is 0 Å². The lowest BCUT2D eigenvalue weighted by molar-refractivity contribution is 0.297. The second-order valence-corrected chi connectivity index (χ2v) is 5.27. The Bertz CT molecular complexity index is 335. The molecule has 0 aliphatic heterocycles. The molecule has 2 rings (SSSR count). The first-order valence-corrected chi connectivity index (χ1v) is 6.23. The minimum absolute atomic E-state index is 0.305. The summed E-state index contributed by atoms with van der Waals surface area (Å²) < 4.78 is 5.34. The van der Waals surface area contributed by atoms with Crippen molar-refractivity contribution in [1.29, 1.82) is 0 Å². The number of nitrogens with zero attached hydrogens (tertiary/aromatic N) is 2. The van der Waals surface area contributed by atoms with Gasteiger partial charge in [0.1, 0.15) is 0 Å². The summed E-state index contributed by atoms with van der Waals surface area (Å²) in [4.78, 5) is 4.48. The summed E-state index contributed by atoms with van der Waals surface area (Å²) in [5.74, 6) is 2.59. The van der Waals surface area contributed by atoms with Crippen LogP contribution in [-0.4, -0.2) is 16.2 Å². The van der Waals surface area contributed by atoms with E-state index in [1.165, 1.54) is 6.42 Å². The van der Waals surface area contributed by atoms with Gasteiger partial charge < -0.3 is 10.3 Å². The molecule has 0 amide bonds. The van der Waals surface area contributed by atoms with E-state index in [0.717, 1.165) is 37.4 Å². The van der Waals surface area contributed by atoms with E-state index in [4.69, 9.17) is 10.3 Å². The summed E-state index contributed by atoms with van der Waals surface area (Å²) in [7, 11) is 0. The van der Waals surface area contributed by atoms with Gasteiger partial charge in [0.25, 0.3) is 0 Å². The van der Waals surface area contributed by atoms with Gasteiger partial charge in [0, 0.05) is 18.4 Å². The molecule has 1 aliphatic carbocycles. The molecule has 1 saturated carbocycles. The molecule has 1 aromatic rings. The number of hydrogen-bond donors (Lipinski definition) is 1. The number of aromatic nitrogens is 2. The molecule has 2 unspecified atom stereocenters. The van der Waals surface area contributed by atoms with Gasteiger partial charge in [-0.1, -0.05) is 25.4 Å². The second-order valence-electron chi connectivity index (χ2n) is 5.27. The molecule has 2 N–H and O–H groups in total. The fourth-order valence-corrected chi connectivity index (χ4v) is 2.33. The summed E-state index contributed by atoms with van der Waals surface area (Å²) >= 11 is 0. The Hall–Kier alpha value is -0.900. The minimum atomic E-state index is 0.305. The lowest BCUT2D eigenvalue weighted by Gasteiger charge is -2.23. The average Bonchev–Trinajstić information content (AvgIpc) is 2.65. The third-order valence-corrected chi connectivity index (χ3v) is 3.14. The van der Waals surface area contributed by atoms with E-state index < -0.39 is 0 Å². The van der Waals surface area contributed by atoms with E-state index in [1.807, 2.05) is 0 Å². The predicted octanol–water partition coefficient (Wildman–Crippen LogP) is 2.25. The largest absolute Gasteiger partial charge is 0.339 e. The average molecular weight is 223 g/mol. The van der Waals surface area contributed by atoms with Crippen LogP contribution in [0.2, 0.25) is 0 Å². The molecule has 16 heavy (non-hydrogen) atoms. The van der Waals surface area contributed by atoms with Crippen molar-refractivity contribution < 1.29 is 4.52 Å². The molecule has 1 heterocycles. The topological polar surface area (TPSA) is 64.9 Å². The van der Waals surface area contributed by atoms with Gasteiger partial charge in [-0.25, -0.2) is 0 Å². The second kappa shape index (κ2) is 4.95. The minimum Gasteiger partial charge on any atom is -0.339 e. The van der Waals surface area contributed by atoms with E-state index in [9.17, 15) is 0 Å². The van der Waals surface area contributed by atoms with Gasteiger partial charge in [-0.15, -0.1) is 0 Å². The molecule has 0 aromatic carbocycles. The molecule has 0 bridgehead atoms. The van der Waals surface area contributed by atoms with Gasteiger partial charge in [0.05, 0.1) is 0 Å². The van der Waals surface area contributed by atoms with Crippen LogP contribution in [0.25, 0.3) is 0 Å². The first-order valence-electron chi connectivity index (χ1n) is 6.23. The van der Waals surface area contributed by atoms with Crippen molar-refractivity contribution in [2.24, 2.45) is 11.7 Å². The summed E-state index contributed by atoms with van der Waals surface area (Å²) in [5, 5.41) is 4.03. The predicted molar refractivity (Wildman–Crippen MR) is 62.0 cm³/mol. The summed E-state index contributed by atoms with van der Waals surface area (Å²) in [6, 6.07) is 0.305. The van der Waals surface area contributed by atoms with Crippen molar-refractivity contribution in [3.63, 3.8) is 0 Å². The van der Waals surface area contributed by atoms with Crippen LogP contribution >= 0.6 is 0 Å². The van der Waals surface area contributed by atoms with Gasteiger partial charge in [-0.2, -0.15) is 4.98 Å². The fourth-order valence-electron chi connectivity index (χ4n) is 2.33. The third kappa shape index (κ3) is 2.82. The van der Waals surface area contributed by atoms with Crippen LogP contribution in [-0.2, 0) is 6.42 Å². The Kier molecular flexibility index (Phi) is 3.59. The Labute approximate surface area is 96.6 Å². The van der Waals surface area contributed by atoms with Gasteiger partial charge in [0.15, 0.2) is 5.82 Å². The van der Waals surface area contributed by atoms with Crippen LogP contribution in [0.15, 0.2) is 4.52 Å². The molecule has 0 radical (unpaired) electrons. The summed E-state index contributed by atoms with van der Waals surface area (Å²) in [6.07, 6.45) is 5.32. The van der Waals surface area contributed by atoms with E-state index in [1.54, 1.807) is 0 Å². The number of rotatable bonds is 3. The van der Waals surface area contributed by atoms with Gasteiger partial charge >= 0.3 is 0 Å². The highest BCUT2D eigenvalue weighted by molar-refractivity contribution is 4.97. The maximum absolute atomic E-state index is 5.96. The molecule has 90 valence electrons. The molecule has 4 nitrogen and oxygen atoms in total. The maximum Gasteiger partial charge on any atom is 0.229 e. The zero-order valence-electron chi connectivity index (χ0n) is 10.1. The van der Waals surface area contributed by atoms with Crippen molar-refractivity contribution in [2.75, 3.05) is 0 Å².